The number of aliphatic hydroxyl groups is 1. The van der Waals surface area contributed by atoms with Crippen LogP contribution in [0.3, 0.4) is 0 Å². The maximum atomic E-state index is 13.0. The first-order valence-electron chi connectivity index (χ1n) is 9.15. The van der Waals surface area contributed by atoms with Crippen LogP contribution in [-0.4, -0.2) is 27.4 Å². The Morgan fingerprint density at radius 2 is 1.90 bits per heavy atom. The van der Waals surface area contributed by atoms with Crippen molar-refractivity contribution >= 4 is 33.2 Å². The SMILES string of the molecule is O=c1c2c(-c3ccccc3)csc2ncn1C[C@H](O)COCc1ccccc1Cl. The van der Waals surface area contributed by atoms with Crippen molar-refractivity contribution in [3.63, 3.8) is 0 Å². The Bertz CT molecular complexity index is 1170. The van der Waals surface area contributed by atoms with Crippen LogP contribution >= 0.6 is 22.9 Å². The van der Waals surface area contributed by atoms with E-state index in [-0.39, 0.29) is 18.7 Å². The van der Waals surface area contributed by atoms with E-state index in [0.29, 0.717) is 21.8 Å². The summed E-state index contributed by atoms with van der Waals surface area (Å²) in [5.41, 5.74) is 2.52. The second kappa shape index (κ2) is 8.88. The van der Waals surface area contributed by atoms with Crippen molar-refractivity contribution in [1.29, 1.82) is 0 Å². The molecule has 0 aliphatic rings. The van der Waals surface area contributed by atoms with E-state index in [1.54, 1.807) is 6.07 Å². The molecule has 2 aromatic heterocycles. The largest absolute Gasteiger partial charge is 0.389 e. The summed E-state index contributed by atoms with van der Waals surface area (Å²) in [7, 11) is 0. The summed E-state index contributed by atoms with van der Waals surface area (Å²) in [5.74, 6) is 0. The molecule has 29 heavy (non-hydrogen) atoms. The van der Waals surface area contributed by atoms with Crippen molar-refractivity contribution in [1.82, 2.24) is 9.55 Å². The molecule has 0 saturated carbocycles. The van der Waals surface area contributed by atoms with E-state index in [1.165, 1.54) is 22.2 Å². The van der Waals surface area contributed by atoms with Gasteiger partial charge in [0.05, 0.1) is 37.6 Å². The molecule has 2 heterocycles. The first kappa shape index (κ1) is 19.8. The number of rotatable bonds is 7. The fourth-order valence-electron chi connectivity index (χ4n) is 3.13. The fourth-order valence-corrected chi connectivity index (χ4v) is 4.22. The number of thiophene rings is 1. The number of aliphatic hydroxyl groups excluding tert-OH is 1. The van der Waals surface area contributed by atoms with Crippen LogP contribution in [0.5, 0.6) is 0 Å². The first-order chi connectivity index (χ1) is 14.1. The molecular weight excluding hydrogens is 408 g/mol. The highest BCUT2D eigenvalue weighted by atomic mass is 35.5. The lowest BCUT2D eigenvalue weighted by atomic mass is 10.1. The minimum absolute atomic E-state index is 0.0882. The molecule has 0 spiro atoms. The summed E-state index contributed by atoms with van der Waals surface area (Å²) in [4.78, 5) is 18.1. The zero-order chi connectivity index (χ0) is 20.2. The molecule has 0 unspecified atom stereocenters. The lowest BCUT2D eigenvalue weighted by Crippen LogP contribution is -2.29. The first-order valence-corrected chi connectivity index (χ1v) is 10.4. The number of halogens is 1. The van der Waals surface area contributed by atoms with Gasteiger partial charge in [-0.3, -0.25) is 9.36 Å². The minimum atomic E-state index is -0.840. The molecule has 0 bridgehead atoms. The zero-order valence-electron chi connectivity index (χ0n) is 15.5. The van der Waals surface area contributed by atoms with Crippen LogP contribution in [0, 0.1) is 0 Å². The van der Waals surface area contributed by atoms with Gasteiger partial charge in [0.2, 0.25) is 0 Å². The zero-order valence-corrected chi connectivity index (χ0v) is 17.1. The number of aromatic nitrogens is 2. The number of nitrogens with zero attached hydrogens (tertiary/aromatic N) is 2. The molecule has 148 valence electrons. The Kier molecular flexibility index (Phi) is 6.06. The van der Waals surface area contributed by atoms with E-state index in [1.807, 2.05) is 53.9 Å². The number of fused-ring (bicyclic) bond motifs is 1. The van der Waals surface area contributed by atoms with Gasteiger partial charge in [-0.1, -0.05) is 60.1 Å². The van der Waals surface area contributed by atoms with Gasteiger partial charge in [0, 0.05) is 16.0 Å². The molecular formula is C22H19ClN2O3S. The molecule has 0 saturated heterocycles. The molecule has 1 N–H and O–H groups in total. The number of hydrogen-bond donors (Lipinski definition) is 1. The topological polar surface area (TPSA) is 64.4 Å². The third-order valence-corrected chi connectivity index (χ3v) is 5.83. The number of hydrogen-bond acceptors (Lipinski definition) is 5. The molecule has 0 radical (unpaired) electrons. The van der Waals surface area contributed by atoms with Crippen molar-refractivity contribution in [3.05, 3.63) is 87.2 Å². The lowest BCUT2D eigenvalue weighted by Gasteiger charge is -2.13. The highest BCUT2D eigenvalue weighted by Crippen LogP contribution is 2.30. The molecule has 4 aromatic rings. The summed E-state index contributed by atoms with van der Waals surface area (Å²) in [6, 6.07) is 17.2. The summed E-state index contributed by atoms with van der Waals surface area (Å²) in [6.45, 7) is 0.491. The summed E-state index contributed by atoms with van der Waals surface area (Å²) in [5, 5.41) is 13.5. The van der Waals surface area contributed by atoms with Crippen LogP contribution in [0.15, 0.2) is 71.1 Å². The van der Waals surface area contributed by atoms with E-state index in [4.69, 9.17) is 16.3 Å². The highest BCUT2D eigenvalue weighted by molar-refractivity contribution is 7.17. The van der Waals surface area contributed by atoms with Crippen molar-refractivity contribution in [2.75, 3.05) is 6.61 Å². The van der Waals surface area contributed by atoms with Gasteiger partial charge in [0.15, 0.2) is 0 Å². The maximum absolute atomic E-state index is 13.0. The number of benzene rings is 2. The van der Waals surface area contributed by atoms with Crippen LogP contribution in [0.4, 0.5) is 0 Å². The molecule has 5 nitrogen and oxygen atoms in total. The van der Waals surface area contributed by atoms with E-state index in [0.717, 1.165) is 16.7 Å². The van der Waals surface area contributed by atoms with Crippen LogP contribution in [0.1, 0.15) is 5.56 Å². The Labute approximate surface area is 176 Å². The highest BCUT2D eigenvalue weighted by Gasteiger charge is 2.15. The van der Waals surface area contributed by atoms with Crippen molar-refractivity contribution in [3.8, 4) is 11.1 Å². The van der Waals surface area contributed by atoms with Crippen LogP contribution < -0.4 is 5.56 Å². The summed E-state index contributed by atoms with van der Waals surface area (Å²) >= 11 is 7.54. The standard InChI is InChI=1S/C22H19ClN2O3S/c23-19-9-5-4-8-16(19)11-28-12-17(26)10-25-14-24-21-20(22(25)27)18(13-29-21)15-6-2-1-3-7-15/h1-9,13-14,17,26H,10-12H2/t17-/m0/s1. The van der Waals surface area contributed by atoms with Gasteiger partial charge < -0.3 is 9.84 Å². The van der Waals surface area contributed by atoms with Crippen LogP contribution in [0.2, 0.25) is 5.02 Å². The van der Waals surface area contributed by atoms with E-state index < -0.39 is 6.10 Å². The Morgan fingerprint density at radius 1 is 1.14 bits per heavy atom. The fraction of sp³-hybridized carbons (Fsp3) is 0.182. The van der Waals surface area contributed by atoms with Crippen molar-refractivity contribution in [2.45, 2.75) is 19.3 Å². The van der Waals surface area contributed by atoms with Crippen LogP contribution in [0.25, 0.3) is 21.3 Å². The predicted molar refractivity (Wildman–Crippen MR) is 116 cm³/mol. The van der Waals surface area contributed by atoms with E-state index >= 15 is 0 Å². The second-order valence-electron chi connectivity index (χ2n) is 6.66. The molecule has 0 aliphatic heterocycles. The van der Waals surface area contributed by atoms with Gasteiger partial charge in [-0.2, -0.15) is 0 Å². The minimum Gasteiger partial charge on any atom is -0.389 e. The second-order valence-corrected chi connectivity index (χ2v) is 7.92. The van der Waals surface area contributed by atoms with Crippen molar-refractivity contribution < 1.29 is 9.84 Å². The molecule has 0 fully saturated rings. The van der Waals surface area contributed by atoms with Crippen LogP contribution in [-0.2, 0) is 17.9 Å². The molecule has 4 rings (SSSR count). The van der Waals surface area contributed by atoms with Gasteiger partial charge in [-0.15, -0.1) is 11.3 Å². The maximum Gasteiger partial charge on any atom is 0.262 e. The predicted octanol–water partition coefficient (Wildman–Crippen LogP) is 4.36. The third-order valence-electron chi connectivity index (χ3n) is 4.58. The average molecular weight is 427 g/mol. The van der Waals surface area contributed by atoms with E-state index in [2.05, 4.69) is 4.98 Å². The lowest BCUT2D eigenvalue weighted by molar-refractivity contribution is 0.0199. The molecule has 0 aliphatic carbocycles. The molecule has 2 aromatic carbocycles. The van der Waals surface area contributed by atoms with Gasteiger partial charge in [-0.25, -0.2) is 4.98 Å². The average Bonchev–Trinajstić information content (AvgIpc) is 3.17. The normalized spacial score (nSPS) is 12.3. The monoisotopic (exact) mass is 426 g/mol. The van der Waals surface area contributed by atoms with Crippen molar-refractivity contribution in [2.24, 2.45) is 0 Å². The number of ether oxygens (including phenoxy) is 1. The molecule has 7 heteroatoms. The van der Waals surface area contributed by atoms with Gasteiger partial charge in [0.25, 0.3) is 5.56 Å². The van der Waals surface area contributed by atoms with Gasteiger partial charge in [-0.05, 0) is 17.2 Å². The summed E-state index contributed by atoms with van der Waals surface area (Å²) < 4.78 is 7.01. The Morgan fingerprint density at radius 3 is 2.69 bits per heavy atom. The Hall–Kier alpha value is -2.51. The van der Waals surface area contributed by atoms with E-state index in [9.17, 15) is 9.90 Å². The summed E-state index contributed by atoms with van der Waals surface area (Å²) in [6.07, 6.45) is 0.640. The van der Waals surface area contributed by atoms with Gasteiger partial charge >= 0.3 is 0 Å². The third kappa shape index (κ3) is 4.41. The van der Waals surface area contributed by atoms with Gasteiger partial charge in [0.1, 0.15) is 4.83 Å². The quantitative estimate of drug-likeness (QED) is 0.477. The smallest absolute Gasteiger partial charge is 0.262 e. The Balaban J connectivity index is 1.49. The molecule has 0 amide bonds. The molecule has 1 atom stereocenters.